The smallest absolute Gasteiger partial charge is 0.163 e. The van der Waals surface area contributed by atoms with Crippen molar-refractivity contribution in [3.8, 4) is 0 Å². The fraction of sp³-hybridized carbons (Fsp3) is 1.00. The molecule has 1 saturated carbocycles. The molecule has 3 atom stereocenters. The summed E-state index contributed by atoms with van der Waals surface area (Å²) in [5, 5.41) is 9.61. The van der Waals surface area contributed by atoms with Crippen molar-refractivity contribution in [1.82, 2.24) is 0 Å². The molecular formula is C9H16O3. The maximum Gasteiger partial charge on any atom is 0.163 e. The maximum atomic E-state index is 9.61. The van der Waals surface area contributed by atoms with E-state index in [2.05, 4.69) is 0 Å². The Morgan fingerprint density at radius 3 is 2.67 bits per heavy atom. The number of hydrogen-bond donors (Lipinski definition) is 1. The van der Waals surface area contributed by atoms with Crippen molar-refractivity contribution in [3.05, 3.63) is 0 Å². The second-order valence-electron chi connectivity index (χ2n) is 4.14. The Kier molecular flexibility index (Phi) is 1.90. The highest BCUT2D eigenvalue weighted by atomic mass is 16.8. The highest BCUT2D eigenvalue weighted by molar-refractivity contribution is 4.89. The van der Waals surface area contributed by atoms with Crippen LogP contribution in [-0.2, 0) is 9.47 Å². The first-order valence-electron chi connectivity index (χ1n) is 4.62. The minimum absolute atomic E-state index is 0.0891. The van der Waals surface area contributed by atoms with Crippen LogP contribution in [0.2, 0.25) is 0 Å². The van der Waals surface area contributed by atoms with E-state index in [0.717, 1.165) is 19.3 Å². The monoisotopic (exact) mass is 172 g/mol. The van der Waals surface area contributed by atoms with E-state index in [-0.39, 0.29) is 18.3 Å². The van der Waals surface area contributed by atoms with Crippen molar-refractivity contribution in [2.75, 3.05) is 0 Å². The van der Waals surface area contributed by atoms with Crippen LogP contribution in [-0.4, -0.2) is 29.2 Å². The summed E-state index contributed by atoms with van der Waals surface area (Å²) in [6, 6.07) is 0. The third kappa shape index (κ3) is 1.37. The molecule has 1 aliphatic heterocycles. The molecule has 0 amide bonds. The second-order valence-corrected chi connectivity index (χ2v) is 4.14. The largest absolute Gasteiger partial charge is 0.390 e. The second kappa shape index (κ2) is 2.69. The molecule has 0 aromatic heterocycles. The Labute approximate surface area is 72.7 Å². The Bertz CT molecular complexity index is 179. The fourth-order valence-corrected chi connectivity index (χ4v) is 2.10. The lowest BCUT2D eigenvalue weighted by molar-refractivity contribution is -0.153. The van der Waals surface area contributed by atoms with E-state index in [4.69, 9.17) is 9.47 Å². The summed E-state index contributed by atoms with van der Waals surface area (Å²) in [7, 11) is 0. The topological polar surface area (TPSA) is 38.7 Å². The summed E-state index contributed by atoms with van der Waals surface area (Å²) in [4.78, 5) is 0. The van der Waals surface area contributed by atoms with Crippen molar-refractivity contribution in [2.45, 2.75) is 57.2 Å². The molecule has 0 aromatic rings. The molecule has 70 valence electrons. The van der Waals surface area contributed by atoms with Gasteiger partial charge < -0.3 is 14.6 Å². The summed E-state index contributed by atoms with van der Waals surface area (Å²) >= 11 is 0. The predicted molar refractivity (Wildman–Crippen MR) is 43.7 cm³/mol. The van der Waals surface area contributed by atoms with Gasteiger partial charge in [0.1, 0.15) is 6.10 Å². The van der Waals surface area contributed by atoms with Gasteiger partial charge in [-0.15, -0.1) is 0 Å². The van der Waals surface area contributed by atoms with Gasteiger partial charge >= 0.3 is 0 Å². The molecule has 12 heavy (non-hydrogen) atoms. The van der Waals surface area contributed by atoms with Crippen LogP contribution in [0.4, 0.5) is 0 Å². The van der Waals surface area contributed by atoms with Crippen LogP contribution in [0.5, 0.6) is 0 Å². The Morgan fingerprint density at radius 2 is 2.00 bits per heavy atom. The number of ether oxygens (including phenoxy) is 2. The SMILES string of the molecule is CC1(C)O[C@@H]2CCCC(O)[C@@H]2O1. The Balaban J connectivity index is 2.09. The van der Waals surface area contributed by atoms with E-state index in [0.29, 0.717) is 0 Å². The average molecular weight is 172 g/mol. The van der Waals surface area contributed by atoms with Crippen LogP contribution in [0.15, 0.2) is 0 Å². The molecule has 2 fully saturated rings. The molecule has 1 N–H and O–H groups in total. The Hall–Kier alpha value is -0.120. The maximum absolute atomic E-state index is 9.61. The lowest BCUT2D eigenvalue weighted by Gasteiger charge is -2.26. The lowest BCUT2D eigenvalue weighted by atomic mass is 9.92. The first kappa shape index (κ1) is 8.48. The molecule has 1 heterocycles. The van der Waals surface area contributed by atoms with Crippen LogP contribution < -0.4 is 0 Å². The van der Waals surface area contributed by atoms with Gasteiger partial charge in [0, 0.05) is 0 Å². The third-order valence-corrected chi connectivity index (χ3v) is 2.59. The molecule has 0 spiro atoms. The zero-order valence-corrected chi connectivity index (χ0v) is 7.62. The quantitative estimate of drug-likeness (QED) is 0.593. The van der Waals surface area contributed by atoms with Crippen molar-refractivity contribution in [3.63, 3.8) is 0 Å². The van der Waals surface area contributed by atoms with Gasteiger partial charge in [-0.3, -0.25) is 0 Å². The molecule has 0 bridgehead atoms. The number of fused-ring (bicyclic) bond motifs is 1. The van der Waals surface area contributed by atoms with Crippen LogP contribution >= 0.6 is 0 Å². The normalized spacial score (nSPS) is 45.8. The van der Waals surface area contributed by atoms with Crippen LogP contribution in [0.25, 0.3) is 0 Å². The van der Waals surface area contributed by atoms with Gasteiger partial charge in [0.05, 0.1) is 12.2 Å². The van der Waals surface area contributed by atoms with Crippen molar-refractivity contribution in [1.29, 1.82) is 0 Å². The fourth-order valence-electron chi connectivity index (χ4n) is 2.10. The standard InChI is InChI=1S/C9H16O3/c1-9(2)11-7-5-3-4-6(10)8(7)12-9/h6-8,10H,3-5H2,1-2H3/t6?,7-,8+/m1/s1. The summed E-state index contributed by atoms with van der Waals surface area (Å²) in [6.45, 7) is 3.80. The predicted octanol–water partition coefficient (Wildman–Crippen LogP) is 1.05. The molecule has 1 aliphatic carbocycles. The van der Waals surface area contributed by atoms with Crippen LogP contribution in [0, 0.1) is 0 Å². The lowest BCUT2D eigenvalue weighted by Crippen LogP contribution is -2.38. The van der Waals surface area contributed by atoms with Gasteiger partial charge in [0.15, 0.2) is 5.79 Å². The zero-order valence-electron chi connectivity index (χ0n) is 7.62. The molecule has 3 nitrogen and oxygen atoms in total. The minimum atomic E-state index is -0.499. The summed E-state index contributed by atoms with van der Waals surface area (Å²) < 4.78 is 11.2. The molecule has 2 rings (SSSR count). The van der Waals surface area contributed by atoms with Gasteiger partial charge in [-0.05, 0) is 33.1 Å². The van der Waals surface area contributed by atoms with E-state index >= 15 is 0 Å². The van der Waals surface area contributed by atoms with Gasteiger partial charge in [0.25, 0.3) is 0 Å². The molecule has 3 heteroatoms. The number of hydrogen-bond acceptors (Lipinski definition) is 3. The Morgan fingerprint density at radius 1 is 1.25 bits per heavy atom. The molecule has 1 unspecified atom stereocenters. The van der Waals surface area contributed by atoms with Crippen molar-refractivity contribution < 1.29 is 14.6 Å². The average Bonchev–Trinajstić information content (AvgIpc) is 2.25. The summed E-state index contributed by atoms with van der Waals surface area (Å²) in [5.41, 5.74) is 0. The first-order valence-corrected chi connectivity index (χ1v) is 4.62. The van der Waals surface area contributed by atoms with E-state index < -0.39 is 5.79 Å². The van der Waals surface area contributed by atoms with E-state index in [1.54, 1.807) is 0 Å². The molecular weight excluding hydrogens is 156 g/mol. The molecule has 0 aromatic carbocycles. The minimum Gasteiger partial charge on any atom is -0.390 e. The summed E-state index contributed by atoms with van der Waals surface area (Å²) in [6.07, 6.45) is 2.61. The molecule has 1 saturated heterocycles. The van der Waals surface area contributed by atoms with Crippen molar-refractivity contribution >= 4 is 0 Å². The molecule has 2 aliphatic rings. The van der Waals surface area contributed by atoms with Crippen molar-refractivity contribution in [2.24, 2.45) is 0 Å². The first-order chi connectivity index (χ1) is 5.58. The van der Waals surface area contributed by atoms with Gasteiger partial charge in [-0.2, -0.15) is 0 Å². The third-order valence-electron chi connectivity index (χ3n) is 2.59. The number of aliphatic hydroxyl groups is 1. The summed E-state index contributed by atoms with van der Waals surface area (Å²) in [5.74, 6) is -0.499. The number of rotatable bonds is 0. The van der Waals surface area contributed by atoms with Gasteiger partial charge in [0.2, 0.25) is 0 Å². The zero-order chi connectivity index (χ0) is 8.77. The molecule has 0 radical (unpaired) electrons. The van der Waals surface area contributed by atoms with E-state index in [9.17, 15) is 5.11 Å². The van der Waals surface area contributed by atoms with Crippen LogP contribution in [0.3, 0.4) is 0 Å². The highest BCUT2D eigenvalue weighted by Gasteiger charge is 2.46. The van der Waals surface area contributed by atoms with Gasteiger partial charge in [-0.1, -0.05) is 0 Å². The van der Waals surface area contributed by atoms with E-state index in [1.807, 2.05) is 13.8 Å². The van der Waals surface area contributed by atoms with Crippen LogP contribution in [0.1, 0.15) is 33.1 Å². The van der Waals surface area contributed by atoms with E-state index in [1.165, 1.54) is 0 Å². The highest BCUT2D eigenvalue weighted by Crippen LogP contribution is 2.36. The number of aliphatic hydroxyl groups excluding tert-OH is 1. The van der Waals surface area contributed by atoms with Gasteiger partial charge in [-0.25, -0.2) is 0 Å².